The van der Waals surface area contributed by atoms with Crippen molar-refractivity contribution in [1.82, 2.24) is 4.98 Å². The summed E-state index contributed by atoms with van der Waals surface area (Å²) in [5.41, 5.74) is 1.88. The van der Waals surface area contributed by atoms with Crippen molar-refractivity contribution in [2.45, 2.75) is 0 Å². The van der Waals surface area contributed by atoms with Gasteiger partial charge in [-0.2, -0.15) is 0 Å². The van der Waals surface area contributed by atoms with Crippen molar-refractivity contribution in [3.8, 4) is 11.3 Å². The monoisotopic (exact) mass is 267 g/mol. The zero-order valence-electron chi connectivity index (χ0n) is 7.11. The van der Waals surface area contributed by atoms with Crippen LogP contribution in [0.25, 0.3) is 11.3 Å². The van der Waals surface area contributed by atoms with Crippen LogP contribution in [-0.2, 0) is 0 Å². The fourth-order valence-corrected chi connectivity index (χ4v) is 1.99. The van der Waals surface area contributed by atoms with Crippen LogP contribution in [0.1, 0.15) is 9.80 Å². The average molecular weight is 268 g/mol. The maximum atomic E-state index is 10.4. The second kappa shape index (κ2) is 4.02. The van der Waals surface area contributed by atoms with Gasteiger partial charge < -0.3 is 0 Å². The summed E-state index contributed by atoms with van der Waals surface area (Å²) in [4.78, 5) is 14.6. The highest BCUT2D eigenvalue weighted by Crippen LogP contribution is 2.22. The van der Waals surface area contributed by atoms with Gasteiger partial charge in [0.25, 0.3) is 0 Å². The third-order valence-electron chi connectivity index (χ3n) is 1.76. The zero-order valence-corrected chi connectivity index (χ0v) is 9.51. The Morgan fingerprint density at radius 2 is 2.00 bits per heavy atom. The molecule has 0 radical (unpaired) electrons. The molecule has 0 atom stereocenters. The van der Waals surface area contributed by atoms with Crippen LogP contribution in [0.15, 0.2) is 34.1 Å². The van der Waals surface area contributed by atoms with Crippen molar-refractivity contribution in [1.29, 1.82) is 0 Å². The lowest BCUT2D eigenvalue weighted by molar-refractivity contribution is 0.112. The van der Waals surface area contributed by atoms with Crippen LogP contribution >= 0.6 is 27.3 Å². The maximum Gasteiger partial charge on any atom is 0.178 e. The number of aldehydes is 1. The molecule has 14 heavy (non-hydrogen) atoms. The van der Waals surface area contributed by atoms with E-state index in [1.165, 1.54) is 11.3 Å². The molecule has 1 aromatic heterocycles. The molecular formula is C10H6BrNOS. The summed E-state index contributed by atoms with van der Waals surface area (Å²) in [5.74, 6) is 0. The summed E-state index contributed by atoms with van der Waals surface area (Å²) in [6.07, 6.45) is 0.771. The van der Waals surface area contributed by atoms with Crippen LogP contribution in [0, 0.1) is 0 Å². The van der Waals surface area contributed by atoms with Gasteiger partial charge >= 0.3 is 0 Å². The standard InChI is InChI=1S/C10H6BrNOS/c11-8-3-1-7(2-4-8)9-6-14-10(5-13)12-9/h1-6H. The Bertz CT molecular complexity index is 449. The summed E-state index contributed by atoms with van der Waals surface area (Å²) < 4.78 is 1.03. The van der Waals surface area contributed by atoms with E-state index in [2.05, 4.69) is 20.9 Å². The van der Waals surface area contributed by atoms with E-state index in [1.54, 1.807) is 0 Å². The summed E-state index contributed by atoms with van der Waals surface area (Å²) in [6.45, 7) is 0. The predicted octanol–water partition coefficient (Wildman–Crippen LogP) is 3.39. The summed E-state index contributed by atoms with van der Waals surface area (Å²) in [5, 5.41) is 2.40. The number of carbonyl (C=O) groups excluding carboxylic acids is 1. The number of halogens is 1. The number of carbonyl (C=O) groups is 1. The first-order chi connectivity index (χ1) is 6.79. The lowest BCUT2D eigenvalue weighted by atomic mass is 10.2. The second-order valence-corrected chi connectivity index (χ2v) is 4.50. The number of hydrogen-bond acceptors (Lipinski definition) is 3. The smallest absolute Gasteiger partial charge is 0.178 e. The molecule has 1 heterocycles. The van der Waals surface area contributed by atoms with E-state index in [9.17, 15) is 4.79 Å². The molecule has 0 unspecified atom stereocenters. The highest BCUT2D eigenvalue weighted by molar-refractivity contribution is 9.10. The number of nitrogens with zero attached hydrogens (tertiary/aromatic N) is 1. The third-order valence-corrected chi connectivity index (χ3v) is 3.06. The molecule has 0 saturated carbocycles. The summed E-state index contributed by atoms with van der Waals surface area (Å²) >= 11 is 4.72. The van der Waals surface area contributed by atoms with Gasteiger partial charge in [-0.05, 0) is 12.1 Å². The van der Waals surface area contributed by atoms with Crippen LogP contribution in [0.5, 0.6) is 0 Å². The van der Waals surface area contributed by atoms with E-state index >= 15 is 0 Å². The molecule has 0 aliphatic rings. The van der Waals surface area contributed by atoms with Crippen molar-refractivity contribution in [3.05, 3.63) is 39.1 Å². The number of aromatic nitrogens is 1. The van der Waals surface area contributed by atoms with Crippen LogP contribution in [-0.4, -0.2) is 11.3 Å². The lowest BCUT2D eigenvalue weighted by Gasteiger charge is -1.95. The van der Waals surface area contributed by atoms with Gasteiger partial charge in [0.05, 0.1) is 5.69 Å². The van der Waals surface area contributed by atoms with Crippen molar-refractivity contribution < 1.29 is 4.79 Å². The van der Waals surface area contributed by atoms with Gasteiger partial charge in [0.1, 0.15) is 0 Å². The fraction of sp³-hybridized carbons (Fsp3) is 0. The Balaban J connectivity index is 2.39. The van der Waals surface area contributed by atoms with Gasteiger partial charge in [0.2, 0.25) is 0 Å². The Hall–Kier alpha value is -1.00. The normalized spacial score (nSPS) is 10.1. The van der Waals surface area contributed by atoms with Crippen molar-refractivity contribution >= 4 is 33.6 Å². The average Bonchev–Trinajstić information content (AvgIpc) is 2.67. The highest BCUT2D eigenvalue weighted by Gasteiger charge is 2.02. The van der Waals surface area contributed by atoms with Crippen LogP contribution < -0.4 is 0 Å². The predicted molar refractivity (Wildman–Crippen MR) is 60.6 cm³/mol. The van der Waals surface area contributed by atoms with Crippen molar-refractivity contribution in [2.24, 2.45) is 0 Å². The first-order valence-corrected chi connectivity index (χ1v) is 5.63. The highest BCUT2D eigenvalue weighted by atomic mass is 79.9. The number of hydrogen-bond donors (Lipinski definition) is 0. The van der Waals surface area contributed by atoms with E-state index in [1.807, 2.05) is 29.6 Å². The van der Waals surface area contributed by atoms with Gasteiger partial charge in [-0.15, -0.1) is 11.3 Å². The minimum Gasteiger partial charge on any atom is -0.295 e. The molecule has 0 N–H and O–H groups in total. The molecular weight excluding hydrogens is 262 g/mol. The fourth-order valence-electron chi connectivity index (χ4n) is 1.09. The lowest BCUT2D eigenvalue weighted by Crippen LogP contribution is -1.79. The van der Waals surface area contributed by atoms with Gasteiger partial charge in [0, 0.05) is 15.4 Å². The Kier molecular flexibility index (Phi) is 2.74. The zero-order chi connectivity index (χ0) is 9.97. The molecule has 0 bridgehead atoms. The molecule has 0 amide bonds. The molecule has 2 aromatic rings. The summed E-state index contributed by atoms with van der Waals surface area (Å²) in [6, 6.07) is 7.84. The van der Waals surface area contributed by atoms with E-state index in [-0.39, 0.29) is 0 Å². The molecule has 1 aromatic carbocycles. The van der Waals surface area contributed by atoms with Gasteiger partial charge in [-0.1, -0.05) is 28.1 Å². The summed E-state index contributed by atoms with van der Waals surface area (Å²) in [7, 11) is 0. The molecule has 0 spiro atoms. The van der Waals surface area contributed by atoms with E-state index < -0.39 is 0 Å². The third kappa shape index (κ3) is 1.91. The minimum atomic E-state index is 0.517. The largest absolute Gasteiger partial charge is 0.295 e. The van der Waals surface area contributed by atoms with Gasteiger partial charge in [-0.3, -0.25) is 4.79 Å². The molecule has 0 saturated heterocycles. The number of benzene rings is 1. The second-order valence-electron chi connectivity index (χ2n) is 2.70. The Morgan fingerprint density at radius 3 is 2.57 bits per heavy atom. The van der Waals surface area contributed by atoms with Gasteiger partial charge in [0.15, 0.2) is 11.3 Å². The van der Waals surface area contributed by atoms with Crippen molar-refractivity contribution in [3.63, 3.8) is 0 Å². The SMILES string of the molecule is O=Cc1nc(-c2ccc(Br)cc2)cs1. The maximum absolute atomic E-state index is 10.4. The van der Waals surface area contributed by atoms with Crippen molar-refractivity contribution in [2.75, 3.05) is 0 Å². The van der Waals surface area contributed by atoms with Crippen LogP contribution in [0.3, 0.4) is 0 Å². The Labute approximate surface area is 93.7 Å². The number of thiazole rings is 1. The number of rotatable bonds is 2. The molecule has 2 rings (SSSR count). The topological polar surface area (TPSA) is 30.0 Å². The van der Waals surface area contributed by atoms with E-state index in [4.69, 9.17) is 0 Å². The molecule has 0 aliphatic carbocycles. The van der Waals surface area contributed by atoms with E-state index in [0.717, 1.165) is 22.0 Å². The first-order valence-electron chi connectivity index (χ1n) is 3.96. The molecule has 4 heteroatoms. The van der Waals surface area contributed by atoms with Crippen LogP contribution in [0.4, 0.5) is 0 Å². The molecule has 0 fully saturated rings. The van der Waals surface area contributed by atoms with Gasteiger partial charge in [-0.25, -0.2) is 4.98 Å². The molecule has 2 nitrogen and oxygen atoms in total. The Morgan fingerprint density at radius 1 is 1.29 bits per heavy atom. The molecule has 0 aliphatic heterocycles. The van der Waals surface area contributed by atoms with Crippen LogP contribution in [0.2, 0.25) is 0 Å². The minimum absolute atomic E-state index is 0.517. The molecule has 70 valence electrons. The quantitative estimate of drug-likeness (QED) is 0.781. The van der Waals surface area contributed by atoms with E-state index in [0.29, 0.717) is 5.01 Å². The first kappa shape index (κ1) is 9.55.